The minimum atomic E-state index is -1.31. The standard InChI is InChI=1S/C25H26N4O5/c1-33-20-13-10-18(14-21(20)34-2)22(24(30)27-15-16-6-4-3-5-7-16)28-19-11-8-17(9-12-19)23(26)29-25(31)32/h3-14,22,28H,15H2,1-2H3,(H2,26,29)(H,27,30)(H,31,32). The number of amides is 2. The summed E-state index contributed by atoms with van der Waals surface area (Å²) < 4.78 is 10.7. The monoisotopic (exact) mass is 462 g/mol. The minimum Gasteiger partial charge on any atom is -0.493 e. The number of methoxy groups -OCH3 is 2. The van der Waals surface area contributed by atoms with Crippen LogP contribution in [0.1, 0.15) is 22.7 Å². The predicted octanol–water partition coefficient (Wildman–Crippen LogP) is 3.77. The molecule has 0 aromatic heterocycles. The second kappa shape index (κ2) is 11.4. The van der Waals surface area contributed by atoms with Crippen LogP contribution in [0.5, 0.6) is 11.5 Å². The first-order valence-electron chi connectivity index (χ1n) is 10.4. The van der Waals surface area contributed by atoms with Crippen molar-refractivity contribution in [3.8, 4) is 11.5 Å². The SMILES string of the molecule is COc1ccc(C(Nc2ccc(C(=N)NC(=O)O)cc2)C(=O)NCc2ccccc2)cc1OC. The van der Waals surface area contributed by atoms with Crippen LogP contribution in [-0.4, -0.2) is 37.2 Å². The van der Waals surface area contributed by atoms with Crippen molar-refractivity contribution >= 4 is 23.5 Å². The van der Waals surface area contributed by atoms with E-state index < -0.39 is 12.1 Å². The summed E-state index contributed by atoms with van der Waals surface area (Å²) in [4.78, 5) is 24.0. The summed E-state index contributed by atoms with van der Waals surface area (Å²) in [5.41, 5.74) is 2.63. The van der Waals surface area contributed by atoms with E-state index in [1.165, 1.54) is 14.2 Å². The molecule has 0 aliphatic rings. The van der Waals surface area contributed by atoms with Crippen molar-refractivity contribution in [2.75, 3.05) is 19.5 Å². The Hall–Kier alpha value is -4.53. The second-order valence-electron chi connectivity index (χ2n) is 7.28. The number of carbonyl (C=O) groups excluding carboxylic acids is 1. The van der Waals surface area contributed by atoms with Gasteiger partial charge in [0, 0.05) is 17.8 Å². The maximum atomic E-state index is 13.2. The van der Waals surface area contributed by atoms with Crippen molar-refractivity contribution in [1.29, 1.82) is 5.41 Å². The molecule has 0 aliphatic carbocycles. The van der Waals surface area contributed by atoms with Crippen LogP contribution in [0.2, 0.25) is 0 Å². The molecule has 9 heteroatoms. The van der Waals surface area contributed by atoms with E-state index >= 15 is 0 Å². The molecular formula is C25H26N4O5. The molecule has 0 bridgehead atoms. The van der Waals surface area contributed by atoms with Gasteiger partial charge < -0.3 is 25.2 Å². The highest BCUT2D eigenvalue weighted by Crippen LogP contribution is 2.31. The third kappa shape index (κ3) is 6.26. The molecule has 0 fully saturated rings. The fraction of sp³-hybridized carbons (Fsp3) is 0.160. The third-order valence-corrected chi connectivity index (χ3v) is 5.03. The quantitative estimate of drug-likeness (QED) is 0.243. The van der Waals surface area contributed by atoms with Gasteiger partial charge in [0.2, 0.25) is 5.91 Å². The number of hydrogen-bond donors (Lipinski definition) is 5. The Kier molecular flexibility index (Phi) is 8.07. The van der Waals surface area contributed by atoms with E-state index in [1.807, 2.05) is 35.6 Å². The first kappa shape index (κ1) is 24.1. The lowest BCUT2D eigenvalue weighted by atomic mass is 10.0. The van der Waals surface area contributed by atoms with Crippen molar-refractivity contribution in [2.45, 2.75) is 12.6 Å². The van der Waals surface area contributed by atoms with Crippen molar-refractivity contribution in [3.63, 3.8) is 0 Å². The highest BCUT2D eigenvalue weighted by atomic mass is 16.5. The largest absolute Gasteiger partial charge is 0.493 e. The van der Waals surface area contributed by atoms with Gasteiger partial charge in [-0.2, -0.15) is 0 Å². The summed E-state index contributed by atoms with van der Waals surface area (Å²) >= 11 is 0. The molecule has 0 saturated heterocycles. The average molecular weight is 463 g/mol. The Morgan fingerprint density at radius 1 is 0.941 bits per heavy atom. The predicted molar refractivity (Wildman–Crippen MR) is 129 cm³/mol. The Labute approximate surface area is 197 Å². The molecule has 176 valence electrons. The third-order valence-electron chi connectivity index (χ3n) is 5.03. The van der Waals surface area contributed by atoms with E-state index in [-0.39, 0.29) is 11.7 Å². The van der Waals surface area contributed by atoms with Gasteiger partial charge in [0.1, 0.15) is 11.9 Å². The zero-order valence-electron chi connectivity index (χ0n) is 18.8. The van der Waals surface area contributed by atoms with Crippen LogP contribution in [-0.2, 0) is 11.3 Å². The van der Waals surface area contributed by atoms with Crippen LogP contribution in [0, 0.1) is 5.41 Å². The van der Waals surface area contributed by atoms with E-state index in [0.717, 1.165) is 5.56 Å². The van der Waals surface area contributed by atoms with Gasteiger partial charge in [-0.3, -0.25) is 15.5 Å². The lowest BCUT2D eigenvalue weighted by Gasteiger charge is -2.21. The first-order chi connectivity index (χ1) is 16.4. The fourth-order valence-corrected chi connectivity index (χ4v) is 3.30. The van der Waals surface area contributed by atoms with Gasteiger partial charge >= 0.3 is 6.09 Å². The summed E-state index contributed by atoms with van der Waals surface area (Å²) in [5.74, 6) is 0.547. The highest BCUT2D eigenvalue weighted by Gasteiger charge is 2.22. The molecule has 2 amide bonds. The molecule has 5 N–H and O–H groups in total. The molecule has 0 radical (unpaired) electrons. The number of amidine groups is 1. The lowest BCUT2D eigenvalue weighted by molar-refractivity contribution is -0.122. The van der Waals surface area contributed by atoms with Gasteiger partial charge in [-0.05, 0) is 47.5 Å². The molecule has 1 atom stereocenters. The number of anilines is 1. The van der Waals surface area contributed by atoms with Crippen LogP contribution < -0.4 is 25.4 Å². The van der Waals surface area contributed by atoms with Gasteiger partial charge in [-0.1, -0.05) is 36.4 Å². The van der Waals surface area contributed by atoms with Crippen molar-refractivity contribution in [3.05, 3.63) is 89.5 Å². The summed E-state index contributed by atoms with van der Waals surface area (Å²) in [6, 6.07) is 20.6. The molecule has 0 heterocycles. The highest BCUT2D eigenvalue weighted by molar-refractivity contribution is 6.04. The van der Waals surface area contributed by atoms with Crippen LogP contribution >= 0.6 is 0 Å². The van der Waals surface area contributed by atoms with Gasteiger partial charge in [0.15, 0.2) is 11.5 Å². The smallest absolute Gasteiger partial charge is 0.410 e. The average Bonchev–Trinajstić information content (AvgIpc) is 2.86. The van der Waals surface area contributed by atoms with E-state index in [9.17, 15) is 9.59 Å². The molecule has 0 spiro atoms. The van der Waals surface area contributed by atoms with Crippen molar-refractivity contribution in [2.24, 2.45) is 0 Å². The molecule has 0 aliphatic heterocycles. The number of rotatable bonds is 9. The molecule has 3 rings (SSSR count). The minimum absolute atomic E-state index is 0.240. The zero-order valence-corrected chi connectivity index (χ0v) is 18.8. The van der Waals surface area contributed by atoms with Crippen molar-refractivity contribution < 1.29 is 24.2 Å². The molecule has 9 nitrogen and oxygen atoms in total. The summed E-state index contributed by atoms with van der Waals surface area (Å²) in [5, 5.41) is 24.8. The Morgan fingerprint density at radius 3 is 2.24 bits per heavy atom. The van der Waals surface area contributed by atoms with Gasteiger partial charge in [0.05, 0.1) is 14.2 Å². The molecule has 1 unspecified atom stereocenters. The normalized spacial score (nSPS) is 11.1. The number of nitrogens with one attached hydrogen (secondary N) is 4. The molecule has 3 aromatic rings. The van der Waals surface area contributed by atoms with E-state index in [1.54, 1.807) is 42.5 Å². The zero-order chi connectivity index (χ0) is 24.5. The van der Waals surface area contributed by atoms with Gasteiger partial charge in [0.25, 0.3) is 0 Å². The number of ether oxygens (including phenoxy) is 2. The number of benzene rings is 3. The topological polar surface area (TPSA) is 133 Å². The lowest BCUT2D eigenvalue weighted by Crippen LogP contribution is -2.33. The van der Waals surface area contributed by atoms with E-state index in [0.29, 0.717) is 34.9 Å². The Bertz CT molecular complexity index is 1150. The Balaban J connectivity index is 1.84. The van der Waals surface area contributed by atoms with Crippen LogP contribution in [0.3, 0.4) is 0 Å². The maximum absolute atomic E-state index is 13.2. The molecule has 34 heavy (non-hydrogen) atoms. The fourth-order valence-electron chi connectivity index (χ4n) is 3.30. The van der Waals surface area contributed by atoms with E-state index in [2.05, 4.69) is 10.6 Å². The maximum Gasteiger partial charge on any atom is 0.410 e. The number of hydrogen-bond acceptors (Lipinski definition) is 6. The molecule has 3 aromatic carbocycles. The molecule has 0 saturated carbocycles. The molecular weight excluding hydrogens is 436 g/mol. The first-order valence-corrected chi connectivity index (χ1v) is 10.4. The second-order valence-corrected chi connectivity index (χ2v) is 7.28. The number of carbonyl (C=O) groups is 2. The van der Waals surface area contributed by atoms with Gasteiger partial charge in [-0.25, -0.2) is 4.79 Å². The van der Waals surface area contributed by atoms with Crippen LogP contribution in [0.25, 0.3) is 0 Å². The van der Waals surface area contributed by atoms with Crippen LogP contribution in [0.15, 0.2) is 72.8 Å². The Morgan fingerprint density at radius 2 is 1.62 bits per heavy atom. The summed E-state index contributed by atoms with van der Waals surface area (Å²) in [7, 11) is 3.07. The van der Waals surface area contributed by atoms with Gasteiger partial charge in [-0.15, -0.1) is 0 Å². The number of carboxylic acid groups (broad SMARTS) is 1. The van der Waals surface area contributed by atoms with E-state index in [4.69, 9.17) is 20.0 Å². The summed E-state index contributed by atoms with van der Waals surface area (Å²) in [6.07, 6.45) is -1.31. The van der Waals surface area contributed by atoms with Crippen LogP contribution in [0.4, 0.5) is 10.5 Å². The summed E-state index contributed by atoms with van der Waals surface area (Å²) in [6.45, 7) is 0.363. The van der Waals surface area contributed by atoms with Crippen molar-refractivity contribution in [1.82, 2.24) is 10.6 Å².